The zero-order chi connectivity index (χ0) is 17.0. The topological polar surface area (TPSA) is 88.2 Å². The van der Waals surface area contributed by atoms with E-state index in [2.05, 4.69) is 10.3 Å². The van der Waals surface area contributed by atoms with Gasteiger partial charge in [0.2, 0.25) is 11.7 Å². The monoisotopic (exact) mass is 325 g/mol. The molecule has 2 heterocycles. The number of carbonyl (C=O) groups excluding carboxylic acids is 3. The van der Waals surface area contributed by atoms with Gasteiger partial charge in [-0.25, -0.2) is 8.78 Å². The molecule has 0 unspecified atom stereocenters. The van der Waals surface area contributed by atoms with Gasteiger partial charge < -0.3 is 10.6 Å². The fourth-order valence-electron chi connectivity index (χ4n) is 2.41. The number of hydrogen-bond donors (Lipinski definition) is 2. The van der Waals surface area contributed by atoms with Gasteiger partial charge >= 0.3 is 0 Å². The zero-order valence-electron chi connectivity index (χ0n) is 12.5. The van der Waals surface area contributed by atoms with Gasteiger partial charge in [-0.3, -0.25) is 19.4 Å². The van der Waals surface area contributed by atoms with Crippen molar-refractivity contribution < 1.29 is 23.2 Å². The normalized spacial score (nSPS) is 20.9. The third-order valence-corrected chi connectivity index (χ3v) is 3.59. The number of nitrogens with one attached hydrogen (secondary N) is 2. The molecule has 0 saturated carbocycles. The van der Waals surface area contributed by atoms with Crippen molar-refractivity contribution in [3.63, 3.8) is 0 Å². The molecule has 1 aliphatic rings. The smallest absolute Gasteiger partial charge is 0.287 e. The van der Waals surface area contributed by atoms with Crippen molar-refractivity contribution in [2.75, 3.05) is 13.1 Å². The number of aromatic nitrogens is 1. The highest BCUT2D eigenvalue weighted by Crippen LogP contribution is 2.23. The van der Waals surface area contributed by atoms with Crippen molar-refractivity contribution in [3.8, 4) is 0 Å². The SMILES string of the molecule is CC(F)(F)CNC(=O)C(=O)[C@H]1CNC(=O)[C@@H]1Cc1ccccn1. The second-order valence-electron chi connectivity index (χ2n) is 5.60. The lowest BCUT2D eigenvalue weighted by Gasteiger charge is -2.16. The summed E-state index contributed by atoms with van der Waals surface area (Å²) in [6.45, 7) is -0.260. The Hall–Kier alpha value is -2.38. The predicted octanol–water partition coefficient (Wildman–Crippen LogP) is 0.327. The van der Waals surface area contributed by atoms with Crippen LogP contribution < -0.4 is 10.6 Å². The van der Waals surface area contributed by atoms with Crippen LogP contribution in [-0.4, -0.2) is 41.6 Å². The Morgan fingerprint density at radius 1 is 1.43 bits per heavy atom. The van der Waals surface area contributed by atoms with Gasteiger partial charge in [-0.05, 0) is 12.1 Å². The molecule has 2 rings (SSSR count). The molecule has 0 aliphatic carbocycles. The summed E-state index contributed by atoms with van der Waals surface area (Å²) < 4.78 is 25.5. The lowest BCUT2D eigenvalue weighted by molar-refractivity contribution is -0.142. The van der Waals surface area contributed by atoms with Crippen molar-refractivity contribution in [3.05, 3.63) is 30.1 Å². The highest BCUT2D eigenvalue weighted by molar-refractivity contribution is 6.37. The number of nitrogens with zero attached hydrogens (tertiary/aromatic N) is 1. The minimum absolute atomic E-state index is 0.0190. The van der Waals surface area contributed by atoms with Gasteiger partial charge in [0.1, 0.15) is 0 Å². The number of hydrogen-bond acceptors (Lipinski definition) is 4. The molecule has 0 aromatic carbocycles. The van der Waals surface area contributed by atoms with Crippen molar-refractivity contribution in [1.29, 1.82) is 0 Å². The quantitative estimate of drug-likeness (QED) is 0.738. The Morgan fingerprint density at radius 2 is 2.17 bits per heavy atom. The van der Waals surface area contributed by atoms with Crippen molar-refractivity contribution in [1.82, 2.24) is 15.6 Å². The van der Waals surface area contributed by atoms with Crippen LogP contribution in [0.4, 0.5) is 8.78 Å². The van der Waals surface area contributed by atoms with Crippen molar-refractivity contribution in [2.24, 2.45) is 11.8 Å². The van der Waals surface area contributed by atoms with E-state index in [4.69, 9.17) is 0 Å². The van der Waals surface area contributed by atoms with E-state index in [-0.39, 0.29) is 18.9 Å². The second-order valence-corrected chi connectivity index (χ2v) is 5.60. The number of amides is 2. The van der Waals surface area contributed by atoms with E-state index in [1.807, 2.05) is 5.32 Å². The van der Waals surface area contributed by atoms with Crippen LogP contribution in [0.15, 0.2) is 24.4 Å². The molecule has 1 fully saturated rings. The first-order chi connectivity index (χ1) is 10.8. The summed E-state index contributed by atoms with van der Waals surface area (Å²) in [4.78, 5) is 39.9. The molecule has 2 atom stereocenters. The van der Waals surface area contributed by atoms with E-state index in [0.717, 1.165) is 0 Å². The fraction of sp³-hybridized carbons (Fsp3) is 0.467. The summed E-state index contributed by atoms with van der Waals surface area (Å²) >= 11 is 0. The van der Waals surface area contributed by atoms with Crippen LogP contribution >= 0.6 is 0 Å². The Bertz CT molecular complexity index is 602. The van der Waals surface area contributed by atoms with E-state index < -0.39 is 36.0 Å². The molecule has 6 nitrogen and oxygen atoms in total. The van der Waals surface area contributed by atoms with Gasteiger partial charge in [0.05, 0.1) is 18.4 Å². The summed E-state index contributed by atoms with van der Waals surface area (Å²) in [6.07, 6.45) is 1.77. The molecular weight excluding hydrogens is 308 g/mol. The first kappa shape index (κ1) is 17.0. The van der Waals surface area contributed by atoms with E-state index >= 15 is 0 Å². The number of carbonyl (C=O) groups is 3. The summed E-state index contributed by atoms with van der Waals surface area (Å²) in [5.74, 6) is -7.02. The van der Waals surface area contributed by atoms with Gasteiger partial charge in [0, 0.05) is 31.8 Å². The molecule has 124 valence electrons. The highest BCUT2D eigenvalue weighted by atomic mass is 19.3. The average molecular weight is 325 g/mol. The molecule has 1 aromatic heterocycles. The molecule has 2 amide bonds. The zero-order valence-corrected chi connectivity index (χ0v) is 12.5. The first-order valence-corrected chi connectivity index (χ1v) is 7.15. The lowest BCUT2D eigenvalue weighted by atomic mass is 9.87. The molecule has 23 heavy (non-hydrogen) atoms. The van der Waals surface area contributed by atoms with Gasteiger partial charge in [-0.15, -0.1) is 0 Å². The largest absolute Gasteiger partial charge is 0.355 e. The number of rotatable bonds is 6. The third kappa shape index (κ3) is 4.54. The Labute approximate surface area is 131 Å². The number of halogens is 2. The number of Topliss-reactive ketones (excluding diaryl/α,β-unsaturated/α-hetero) is 1. The van der Waals surface area contributed by atoms with E-state index in [1.165, 1.54) is 0 Å². The van der Waals surface area contributed by atoms with Crippen molar-refractivity contribution in [2.45, 2.75) is 19.3 Å². The third-order valence-electron chi connectivity index (χ3n) is 3.59. The number of ketones is 1. The van der Waals surface area contributed by atoms with Crippen LogP contribution in [0, 0.1) is 11.8 Å². The van der Waals surface area contributed by atoms with Crippen molar-refractivity contribution >= 4 is 17.6 Å². The van der Waals surface area contributed by atoms with Crippen LogP contribution in [0.1, 0.15) is 12.6 Å². The lowest BCUT2D eigenvalue weighted by Crippen LogP contribution is -2.42. The fourth-order valence-corrected chi connectivity index (χ4v) is 2.41. The molecule has 8 heteroatoms. The van der Waals surface area contributed by atoms with Crippen LogP contribution in [-0.2, 0) is 20.8 Å². The molecular formula is C15H17F2N3O3. The maximum absolute atomic E-state index is 12.7. The van der Waals surface area contributed by atoms with Crippen LogP contribution in [0.5, 0.6) is 0 Å². The minimum Gasteiger partial charge on any atom is -0.355 e. The van der Waals surface area contributed by atoms with Crippen LogP contribution in [0.3, 0.4) is 0 Å². The maximum atomic E-state index is 12.7. The highest BCUT2D eigenvalue weighted by Gasteiger charge is 2.42. The van der Waals surface area contributed by atoms with Gasteiger partial charge in [-0.2, -0.15) is 0 Å². The van der Waals surface area contributed by atoms with Crippen LogP contribution in [0.2, 0.25) is 0 Å². The molecule has 0 bridgehead atoms. The molecule has 2 N–H and O–H groups in total. The standard InChI is InChI=1S/C15H17F2N3O3/c1-15(16,17)8-20-14(23)12(21)11-7-19-13(22)10(11)6-9-4-2-3-5-18-9/h2-5,10-11H,6-8H2,1H3,(H,19,22)(H,20,23)/t10-,11+/m1/s1. The van der Waals surface area contributed by atoms with E-state index in [0.29, 0.717) is 12.6 Å². The molecule has 0 spiro atoms. The number of alkyl halides is 2. The summed E-state index contributed by atoms with van der Waals surface area (Å²) in [7, 11) is 0. The Morgan fingerprint density at radius 3 is 2.78 bits per heavy atom. The van der Waals surface area contributed by atoms with Gasteiger partial charge in [0.25, 0.3) is 11.8 Å². The minimum atomic E-state index is -3.10. The summed E-state index contributed by atoms with van der Waals surface area (Å²) in [5.41, 5.74) is 0.618. The molecule has 1 saturated heterocycles. The van der Waals surface area contributed by atoms with Crippen LogP contribution in [0.25, 0.3) is 0 Å². The summed E-state index contributed by atoms with van der Waals surface area (Å²) in [5, 5.41) is 4.44. The Balaban J connectivity index is 2.03. The first-order valence-electron chi connectivity index (χ1n) is 7.15. The molecule has 0 radical (unpaired) electrons. The summed E-state index contributed by atoms with van der Waals surface area (Å²) in [6, 6.07) is 5.19. The maximum Gasteiger partial charge on any atom is 0.287 e. The second kappa shape index (κ2) is 6.80. The predicted molar refractivity (Wildman–Crippen MR) is 76.6 cm³/mol. The molecule has 1 aliphatic heterocycles. The average Bonchev–Trinajstić information content (AvgIpc) is 2.85. The van der Waals surface area contributed by atoms with Gasteiger partial charge in [-0.1, -0.05) is 6.07 Å². The van der Waals surface area contributed by atoms with Gasteiger partial charge in [0.15, 0.2) is 0 Å². The van der Waals surface area contributed by atoms with E-state index in [1.54, 1.807) is 24.4 Å². The number of pyridine rings is 1. The Kier molecular flexibility index (Phi) is 5.02. The molecule has 1 aromatic rings. The van der Waals surface area contributed by atoms with E-state index in [9.17, 15) is 23.2 Å².